The predicted octanol–water partition coefficient (Wildman–Crippen LogP) is 1.44. The first-order valence-electron chi connectivity index (χ1n) is 9.19. The van der Waals surface area contributed by atoms with E-state index in [1.54, 1.807) is 47.6 Å². The van der Waals surface area contributed by atoms with Gasteiger partial charge in [0.05, 0.1) is 17.3 Å². The van der Waals surface area contributed by atoms with Gasteiger partial charge in [-0.3, -0.25) is 19.4 Å². The highest BCUT2D eigenvalue weighted by Crippen LogP contribution is 2.41. The van der Waals surface area contributed by atoms with Crippen molar-refractivity contribution in [2.24, 2.45) is 12.5 Å². The summed E-state index contributed by atoms with van der Waals surface area (Å²) in [7, 11) is 1.63. The van der Waals surface area contributed by atoms with Crippen LogP contribution in [0.1, 0.15) is 29.6 Å². The van der Waals surface area contributed by atoms with Crippen molar-refractivity contribution in [1.82, 2.24) is 14.5 Å². The van der Waals surface area contributed by atoms with Crippen LogP contribution in [0.2, 0.25) is 0 Å². The van der Waals surface area contributed by atoms with Crippen LogP contribution in [0.25, 0.3) is 0 Å². The van der Waals surface area contributed by atoms with Gasteiger partial charge in [0.1, 0.15) is 5.56 Å². The van der Waals surface area contributed by atoms with E-state index in [9.17, 15) is 14.4 Å². The Bertz CT molecular complexity index is 940. The van der Waals surface area contributed by atoms with Crippen molar-refractivity contribution in [1.29, 1.82) is 0 Å². The molecular weight excluding hydrogens is 344 g/mol. The van der Waals surface area contributed by atoms with Crippen LogP contribution < -0.4 is 10.5 Å². The number of nitrogens with zero attached hydrogens (tertiary/aromatic N) is 4. The Morgan fingerprint density at radius 2 is 2.00 bits per heavy atom. The quantitative estimate of drug-likeness (QED) is 0.806. The molecule has 2 aliphatic rings. The zero-order chi connectivity index (χ0) is 19.0. The molecule has 0 bridgehead atoms. The molecule has 27 heavy (non-hydrogen) atoms. The van der Waals surface area contributed by atoms with Gasteiger partial charge in [-0.1, -0.05) is 0 Å². The van der Waals surface area contributed by atoms with Crippen LogP contribution in [0.15, 0.2) is 47.7 Å². The van der Waals surface area contributed by atoms with E-state index in [0.29, 0.717) is 26.1 Å². The molecule has 1 atom stereocenters. The van der Waals surface area contributed by atoms with Gasteiger partial charge in [-0.15, -0.1) is 0 Å². The molecule has 0 radical (unpaired) electrons. The highest BCUT2D eigenvalue weighted by molar-refractivity contribution is 6.01. The van der Waals surface area contributed by atoms with E-state index in [1.165, 1.54) is 4.57 Å². The molecule has 2 aromatic heterocycles. The lowest BCUT2D eigenvalue weighted by Gasteiger charge is -2.39. The lowest BCUT2D eigenvalue weighted by Crippen LogP contribution is -2.50. The van der Waals surface area contributed by atoms with Crippen LogP contribution in [0, 0.1) is 5.41 Å². The molecule has 7 nitrogen and oxygen atoms in total. The fourth-order valence-electron chi connectivity index (χ4n) is 4.19. The molecule has 140 valence electrons. The molecule has 4 rings (SSSR count). The smallest absolute Gasteiger partial charge is 0.263 e. The lowest BCUT2D eigenvalue weighted by molar-refractivity contribution is -0.127. The largest absolute Gasteiger partial charge is 0.337 e. The molecule has 2 amide bonds. The maximum absolute atomic E-state index is 13.2. The van der Waals surface area contributed by atoms with E-state index < -0.39 is 5.41 Å². The minimum atomic E-state index is -0.566. The number of aryl methyl sites for hydroxylation is 1. The van der Waals surface area contributed by atoms with Gasteiger partial charge in [0, 0.05) is 39.1 Å². The molecule has 0 saturated carbocycles. The molecule has 0 aliphatic carbocycles. The van der Waals surface area contributed by atoms with Crippen LogP contribution in [-0.2, 0) is 11.8 Å². The van der Waals surface area contributed by atoms with Crippen molar-refractivity contribution in [3.63, 3.8) is 0 Å². The average molecular weight is 366 g/mol. The molecule has 1 unspecified atom stereocenters. The van der Waals surface area contributed by atoms with Gasteiger partial charge >= 0.3 is 0 Å². The van der Waals surface area contributed by atoms with E-state index in [0.717, 1.165) is 18.5 Å². The van der Waals surface area contributed by atoms with Gasteiger partial charge in [0.25, 0.3) is 11.5 Å². The van der Waals surface area contributed by atoms with E-state index in [-0.39, 0.29) is 22.9 Å². The third-order valence-electron chi connectivity index (χ3n) is 5.69. The molecule has 7 heteroatoms. The first-order chi connectivity index (χ1) is 13.0. The van der Waals surface area contributed by atoms with Gasteiger partial charge in [0.15, 0.2) is 0 Å². The zero-order valence-corrected chi connectivity index (χ0v) is 15.3. The first-order valence-corrected chi connectivity index (χ1v) is 9.19. The Hall–Kier alpha value is -2.96. The second-order valence-corrected chi connectivity index (χ2v) is 7.37. The van der Waals surface area contributed by atoms with Gasteiger partial charge in [-0.05, 0) is 43.5 Å². The summed E-state index contributed by atoms with van der Waals surface area (Å²) in [5, 5.41) is 0. The number of hydrogen-bond donors (Lipinski definition) is 0. The number of aromatic nitrogens is 2. The predicted molar refractivity (Wildman–Crippen MR) is 100 cm³/mol. The molecule has 2 aliphatic heterocycles. The maximum atomic E-state index is 13.2. The molecule has 4 heterocycles. The Labute approximate surface area is 157 Å². The molecule has 1 spiro atoms. The van der Waals surface area contributed by atoms with Crippen molar-refractivity contribution in [3.05, 3.63) is 58.8 Å². The number of piperidine rings is 1. The highest BCUT2D eigenvalue weighted by atomic mass is 16.2. The molecule has 0 N–H and O–H groups in total. The van der Waals surface area contributed by atoms with Crippen LogP contribution in [0.3, 0.4) is 0 Å². The van der Waals surface area contributed by atoms with Gasteiger partial charge in [-0.25, -0.2) is 0 Å². The minimum Gasteiger partial charge on any atom is -0.337 e. The second kappa shape index (κ2) is 6.64. The number of carbonyl (C=O) groups is 2. The fraction of sp³-hybridized carbons (Fsp3) is 0.400. The van der Waals surface area contributed by atoms with E-state index in [2.05, 4.69) is 4.98 Å². The lowest BCUT2D eigenvalue weighted by atomic mass is 9.78. The molecule has 2 saturated heterocycles. The van der Waals surface area contributed by atoms with Gasteiger partial charge in [-0.2, -0.15) is 0 Å². The third kappa shape index (κ3) is 2.93. The first kappa shape index (κ1) is 17.5. The summed E-state index contributed by atoms with van der Waals surface area (Å²) in [5.74, 6) is -0.239. The van der Waals surface area contributed by atoms with Gasteiger partial charge < -0.3 is 14.4 Å². The number of anilines is 1. The summed E-state index contributed by atoms with van der Waals surface area (Å²) >= 11 is 0. The Morgan fingerprint density at radius 1 is 1.15 bits per heavy atom. The zero-order valence-electron chi connectivity index (χ0n) is 15.3. The van der Waals surface area contributed by atoms with Crippen LogP contribution in [-0.4, -0.2) is 45.9 Å². The van der Waals surface area contributed by atoms with Crippen molar-refractivity contribution >= 4 is 17.5 Å². The van der Waals surface area contributed by atoms with Crippen LogP contribution >= 0.6 is 0 Å². The summed E-state index contributed by atoms with van der Waals surface area (Å²) in [5.41, 5.74) is 0.0762. The van der Waals surface area contributed by atoms with Crippen LogP contribution in [0.4, 0.5) is 5.69 Å². The van der Waals surface area contributed by atoms with Gasteiger partial charge in [0.2, 0.25) is 5.91 Å². The van der Waals surface area contributed by atoms with E-state index >= 15 is 0 Å². The number of carbonyl (C=O) groups excluding carboxylic acids is 2. The third-order valence-corrected chi connectivity index (χ3v) is 5.69. The van der Waals surface area contributed by atoms with E-state index in [4.69, 9.17) is 0 Å². The summed E-state index contributed by atoms with van der Waals surface area (Å²) in [6.07, 6.45) is 7.22. The molecular formula is C20H22N4O3. The number of rotatable bonds is 2. The summed E-state index contributed by atoms with van der Waals surface area (Å²) in [4.78, 5) is 46.0. The SMILES string of the molecule is Cn1cccc(C(=O)N2CCCC3(CCN(c4cccnc4)C3=O)C2)c1=O. The standard InChI is InChI=1S/C20H22N4O3/c1-22-10-3-6-16(17(22)25)18(26)23-11-4-7-20(14-23)8-12-24(19(20)27)15-5-2-9-21-13-15/h2-3,5-6,9-10,13H,4,7-8,11-12,14H2,1H3. The second-order valence-electron chi connectivity index (χ2n) is 7.37. The fourth-order valence-corrected chi connectivity index (χ4v) is 4.19. The average Bonchev–Trinajstić information content (AvgIpc) is 3.00. The number of likely N-dealkylation sites (tertiary alicyclic amines) is 1. The number of pyridine rings is 2. The Kier molecular flexibility index (Phi) is 4.30. The van der Waals surface area contributed by atoms with Crippen molar-refractivity contribution in [2.75, 3.05) is 24.5 Å². The van der Waals surface area contributed by atoms with E-state index in [1.807, 2.05) is 12.1 Å². The number of amides is 2. The molecule has 2 aromatic rings. The van der Waals surface area contributed by atoms with Crippen molar-refractivity contribution in [3.8, 4) is 0 Å². The van der Waals surface area contributed by atoms with Crippen molar-refractivity contribution in [2.45, 2.75) is 19.3 Å². The summed E-state index contributed by atoms with van der Waals surface area (Å²) in [6, 6.07) is 6.95. The minimum absolute atomic E-state index is 0.0500. The summed E-state index contributed by atoms with van der Waals surface area (Å²) < 4.78 is 1.40. The molecule has 2 fully saturated rings. The highest BCUT2D eigenvalue weighted by Gasteiger charge is 2.50. The number of hydrogen-bond acceptors (Lipinski definition) is 4. The topological polar surface area (TPSA) is 75.5 Å². The molecule has 0 aromatic carbocycles. The maximum Gasteiger partial charge on any atom is 0.263 e. The van der Waals surface area contributed by atoms with Crippen LogP contribution in [0.5, 0.6) is 0 Å². The van der Waals surface area contributed by atoms with Crippen molar-refractivity contribution < 1.29 is 9.59 Å². The Morgan fingerprint density at radius 3 is 2.78 bits per heavy atom. The monoisotopic (exact) mass is 366 g/mol. The Balaban J connectivity index is 1.58. The normalized spacial score (nSPS) is 22.5. The summed E-state index contributed by atoms with van der Waals surface area (Å²) in [6.45, 7) is 1.55.